The van der Waals surface area contributed by atoms with Crippen LogP contribution in [0, 0.1) is 6.92 Å². The number of carboxylic acid groups (broad SMARTS) is 1. The minimum Gasteiger partial charge on any atom is -0.478 e. The maximum Gasteiger partial charge on any atom is 0.347 e. The van der Waals surface area contributed by atoms with Gasteiger partial charge in [-0.15, -0.1) is 0 Å². The number of benzene rings is 2. The normalized spacial score (nSPS) is 11.4. The van der Waals surface area contributed by atoms with Crippen molar-refractivity contribution in [2.75, 3.05) is 0 Å². The molecule has 1 heterocycles. The highest BCUT2D eigenvalue weighted by Crippen LogP contribution is 2.22. The maximum absolute atomic E-state index is 11.1. The van der Waals surface area contributed by atoms with E-state index in [0.717, 1.165) is 22.6 Å². The summed E-state index contributed by atoms with van der Waals surface area (Å²) in [5.41, 5.74) is 1.63. The molecule has 3 rings (SSSR count). The topological polar surface area (TPSA) is 84.6 Å². The van der Waals surface area contributed by atoms with Gasteiger partial charge in [0.1, 0.15) is 11.5 Å². The summed E-state index contributed by atoms with van der Waals surface area (Å²) < 4.78 is 11.3. The summed E-state index contributed by atoms with van der Waals surface area (Å²) in [4.78, 5) is 15.7. The van der Waals surface area contributed by atoms with E-state index in [-0.39, 0.29) is 0 Å². The number of carboxylic acids is 1. The first kappa shape index (κ1) is 19.6. The van der Waals surface area contributed by atoms with Gasteiger partial charge in [-0.05, 0) is 50.6 Å². The Labute approximate surface area is 164 Å². The summed E-state index contributed by atoms with van der Waals surface area (Å²) in [5.74, 6) is 0.940. The Morgan fingerprint density at radius 3 is 2.43 bits per heavy atom. The van der Waals surface area contributed by atoms with E-state index in [1.54, 1.807) is 12.1 Å². The van der Waals surface area contributed by atoms with Crippen molar-refractivity contribution in [1.82, 2.24) is 10.3 Å². The molecule has 0 unspecified atom stereocenters. The molecule has 0 aliphatic heterocycles. The predicted octanol–water partition coefficient (Wildman–Crippen LogP) is 4.18. The standard InChI is InChI=1S/C22H24N2O4/c1-15-19(24-20(27-15)17-7-5-4-6-8-17)14-23-13-16-9-11-18(12-10-16)28-22(2,3)21(25)26/h4-12,23H,13-14H2,1-3H3,(H,25,26). The van der Waals surface area contributed by atoms with Crippen LogP contribution in [0.5, 0.6) is 5.75 Å². The Bertz CT molecular complexity index is 931. The summed E-state index contributed by atoms with van der Waals surface area (Å²) in [5, 5.41) is 12.5. The number of nitrogens with zero attached hydrogens (tertiary/aromatic N) is 1. The zero-order chi connectivity index (χ0) is 20.1. The molecule has 0 fully saturated rings. The molecule has 2 aromatic carbocycles. The Hall–Kier alpha value is -3.12. The Balaban J connectivity index is 1.56. The van der Waals surface area contributed by atoms with Crippen LogP contribution >= 0.6 is 0 Å². The van der Waals surface area contributed by atoms with Gasteiger partial charge in [-0.25, -0.2) is 9.78 Å². The van der Waals surface area contributed by atoms with Crippen molar-refractivity contribution in [2.24, 2.45) is 0 Å². The zero-order valence-corrected chi connectivity index (χ0v) is 16.2. The highest BCUT2D eigenvalue weighted by atomic mass is 16.5. The van der Waals surface area contributed by atoms with E-state index in [1.165, 1.54) is 13.8 Å². The lowest BCUT2D eigenvalue weighted by Gasteiger charge is -2.21. The van der Waals surface area contributed by atoms with Crippen LogP contribution in [0.25, 0.3) is 11.5 Å². The first-order valence-corrected chi connectivity index (χ1v) is 9.09. The number of nitrogens with one attached hydrogen (secondary N) is 1. The van der Waals surface area contributed by atoms with E-state index in [2.05, 4.69) is 10.3 Å². The Kier molecular flexibility index (Phi) is 5.80. The lowest BCUT2D eigenvalue weighted by molar-refractivity contribution is -0.152. The van der Waals surface area contributed by atoms with Crippen LogP contribution in [-0.4, -0.2) is 21.7 Å². The Morgan fingerprint density at radius 1 is 1.11 bits per heavy atom. The molecule has 0 bridgehead atoms. The van der Waals surface area contributed by atoms with Crippen molar-refractivity contribution in [2.45, 2.75) is 39.5 Å². The van der Waals surface area contributed by atoms with Gasteiger partial charge in [0, 0.05) is 18.7 Å². The molecular weight excluding hydrogens is 356 g/mol. The molecular formula is C22H24N2O4. The monoisotopic (exact) mass is 380 g/mol. The molecule has 0 atom stereocenters. The fourth-order valence-electron chi connectivity index (χ4n) is 2.64. The third-order valence-corrected chi connectivity index (χ3v) is 4.35. The van der Waals surface area contributed by atoms with Crippen molar-refractivity contribution >= 4 is 5.97 Å². The van der Waals surface area contributed by atoms with Gasteiger partial charge in [0.2, 0.25) is 5.89 Å². The number of carbonyl (C=O) groups is 1. The molecule has 6 nitrogen and oxygen atoms in total. The molecule has 0 aliphatic carbocycles. The van der Waals surface area contributed by atoms with Gasteiger partial charge in [-0.3, -0.25) is 0 Å². The van der Waals surface area contributed by atoms with Gasteiger partial charge in [-0.2, -0.15) is 0 Å². The number of ether oxygens (including phenoxy) is 1. The lowest BCUT2D eigenvalue weighted by atomic mass is 10.1. The van der Waals surface area contributed by atoms with Crippen LogP contribution in [0.1, 0.15) is 30.9 Å². The third kappa shape index (κ3) is 4.78. The van der Waals surface area contributed by atoms with Gasteiger partial charge < -0.3 is 19.6 Å². The highest BCUT2D eigenvalue weighted by molar-refractivity contribution is 5.76. The van der Waals surface area contributed by atoms with E-state index in [1.807, 2.05) is 49.4 Å². The van der Waals surface area contributed by atoms with Gasteiger partial charge >= 0.3 is 5.97 Å². The number of oxazole rings is 1. The second kappa shape index (κ2) is 8.27. The molecule has 28 heavy (non-hydrogen) atoms. The highest BCUT2D eigenvalue weighted by Gasteiger charge is 2.29. The summed E-state index contributed by atoms with van der Waals surface area (Å²) >= 11 is 0. The minimum absolute atomic E-state index is 0.524. The van der Waals surface area contributed by atoms with Gasteiger partial charge in [0.05, 0.1) is 5.69 Å². The molecule has 146 valence electrons. The van der Waals surface area contributed by atoms with Crippen LogP contribution in [0.15, 0.2) is 59.0 Å². The molecule has 3 aromatic rings. The molecule has 0 amide bonds. The van der Waals surface area contributed by atoms with Crippen molar-refractivity contribution in [3.63, 3.8) is 0 Å². The number of aromatic nitrogens is 1. The first-order chi connectivity index (χ1) is 13.3. The SMILES string of the molecule is Cc1oc(-c2ccccc2)nc1CNCc1ccc(OC(C)(C)C(=O)O)cc1. The molecule has 1 aromatic heterocycles. The Morgan fingerprint density at radius 2 is 1.79 bits per heavy atom. The van der Waals surface area contributed by atoms with E-state index < -0.39 is 11.6 Å². The smallest absolute Gasteiger partial charge is 0.347 e. The average Bonchev–Trinajstić information content (AvgIpc) is 3.04. The number of rotatable bonds is 8. The van der Waals surface area contributed by atoms with E-state index in [4.69, 9.17) is 14.3 Å². The third-order valence-electron chi connectivity index (χ3n) is 4.35. The first-order valence-electron chi connectivity index (χ1n) is 9.09. The summed E-state index contributed by atoms with van der Waals surface area (Å²) in [6, 6.07) is 17.2. The molecule has 6 heteroatoms. The average molecular weight is 380 g/mol. The summed E-state index contributed by atoms with van der Waals surface area (Å²) in [6.07, 6.45) is 0. The van der Waals surface area contributed by atoms with E-state index >= 15 is 0 Å². The van der Waals surface area contributed by atoms with Gasteiger partial charge in [-0.1, -0.05) is 30.3 Å². The molecule has 0 aliphatic rings. The van der Waals surface area contributed by atoms with Crippen LogP contribution in [-0.2, 0) is 17.9 Å². The maximum atomic E-state index is 11.1. The zero-order valence-electron chi connectivity index (χ0n) is 16.2. The van der Waals surface area contributed by atoms with Gasteiger partial charge in [0.15, 0.2) is 5.60 Å². The fourth-order valence-corrected chi connectivity index (χ4v) is 2.64. The quantitative estimate of drug-likeness (QED) is 0.610. The van der Waals surface area contributed by atoms with Crippen molar-refractivity contribution in [3.05, 3.63) is 71.6 Å². The van der Waals surface area contributed by atoms with Crippen LogP contribution in [0.3, 0.4) is 0 Å². The minimum atomic E-state index is -1.26. The second-order valence-electron chi connectivity index (χ2n) is 7.05. The van der Waals surface area contributed by atoms with Crippen LogP contribution in [0.4, 0.5) is 0 Å². The molecule has 0 saturated carbocycles. The fraction of sp³-hybridized carbons (Fsp3) is 0.273. The number of hydrogen-bond donors (Lipinski definition) is 2. The van der Waals surface area contributed by atoms with E-state index in [9.17, 15) is 4.79 Å². The molecule has 0 radical (unpaired) electrons. The summed E-state index contributed by atoms with van der Waals surface area (Å²) in [6.45, 7) is 6.19. The van der Waals surface area contributed by atoms with Crippen molar-refractivity contribution < 1.29 is 19.1 Å². The largest absolute Gasteiger partial charge is 0.478 e. The van der Waals surface area contributed by atoms with Crippen LogP contribution < -0.4 is 10.1 Å². The van der Waals surface area contributed by atoms with E-state index in [0.29, 0.717) is 24.7 Å². The number of hydrogen-bond acceptors (Lipinski definition) is 5. The predicted molar refractivity (Wildman–Crippen MR) is 106 cm³/mol. The number of aryl methyl sites for hydroxylation is 1. The van der Waals surface area contributed by atoms with Crippen molar-refractivity contribution in [1.29, 1.82) is 0 Å². The number of aliphatic carboxylic acids is 1. The molecule has 0 spiro atoms. The summed E-state index contributed by atoms with van der Waals surface area (Å²) in [7, 11) is 0. The molecule has 0 saturated heterocycles. The molecule has 2 N–H and O–H groups in total. The van der Waals surface area contributed by atoms with Crippen molar-refractivity contribution in [3.8, 4) is 17.2 Å². The van der Waals surface area contributed by atoms with Crippen LogP contribution in [0.2, 0.25) is 0 Å². The second-order valence-corrected chi connectivity index (χ2v) is 7.05. The lowest BCUT2D eigenvalue weighted by Crippen LogP contribution is -2.37. The van der Waals surface area contributed by atoms with Gasteiger partial charge in [0.25, 0.3) is 0 Å².